The minimum absolute atomic E-state index is 0.381. The van der Waals surface area contributed by atoms with Crippen LogP contribution in [0.2, 0.25) is 0 Å². The van der Waals surface area contributed by atoms with Gasteiger partial charge in [-0.15, -0.1) is 0 Å². The Bertz CT molecular complexity index is 413. The standard InChI is InChI=1S/C9H11ClO2.C7H12O/c1-6-2-7(4-11)9(10)8(3-6)5-12;1-6-2-4-7(8)5-3-6/h4-6,11H,2-3H2,1H3;6H,2-5H2,1H3/b7-4+;. The van der Waals surface area contributed by atoms with Crippen molar-refractivity contribution in [3.05, 3.63) is 22.4 Å². The van der Waals surface area contributed by atoms with Crippen molar-refractivity contribution < 1.29 is 14.7 Å². The van der Waals surface area contributed by atoms with E-state index in [9.17, 15) is 9.59 Å². The lowest BCUT2D eigenvalue weighted by molar-refractivity contribution is -0.120. The van der Waals surface area contributed by atoms with E-state index in [0.717, 1.165) is 50.6 Å². The molecule has 112 valence electrons. The van der Waals surface area contributed by atoms with Gasteiger partial charge in [0.15, 0.2) is 0 Å². The van der Waals surface area contributed by atoms with Crippen molar-refractivity contribution in [3.8, 4) is 0 Å². The van der Waals surface area contributed by atoms with Crippen molar-refractivity contribution in [1.82, 2.24) is 0 Å². The predicted molar refractivity (Wildman–Crippen MR) is 80.7 cm³/mol. The lowest BCUT2D eigenvalue weighted by atomic mass is 9.88. The minimum Gasteiger partial charge on any atom is -0.515 e. The van der Waals surface area contributed by atoms with E-state index in [1.54, 1.807) is 0 Å². The van der Waals surface area contributed by atoms with Crippen molar-refractivity contribution in [1.29, 1.82) is 0 Å². The van der Waals surface area contributed by atoms with Crippen LogP contribution in [0.1, 0.15) is 52.4 Å². The zero-order chi connectivity index (χ0) is 15.1. The minimum atomic E-state index is 0.381. The molecule has 0 heterocycles. The third-order valence-corrected chi connectivity index (χ3v) is 4.32. The van der Waals surface area contributed by atoms with Gasteiger partial charge in [-0.25, -0.2) is 0 Å². The van der Waals surface area contributed by atoms with Gasteiger partial charge in [0, 0.05) is 24.0 Å². The second-order valence-electron chi connectivity index (χ2n) is 5.85. The fourth-order valence-corrected chi connectivity index (χ4v) is 2.75. The Hall–Kier alpha value is -1.09. The molecular formula is C16H23ClO3. The van der Waals surface area contributed by atoms with Crippen LogP contribution in [-0.4, -0.2) is 17.2 Å². The summed E-state index contributed by atoms with van der Waals surface area (Å²) in [4.78, 5) is 21.1. The van der Waals surface area contributed by atoms with Gasteiger partial charge < -0.3 is 5.11 Å². The number of carbonyl (C=O) groups is 2. The zero-order valence-electron chi connectivity index (χ0n) is 12.2. The first-order valence-corrected chi connectivity index (χ1v) is 7.54. The van der Waals surface area contributed by atoms with Crippen molar-refractivity contribution >= 4 is 23.7 Å². The van der Waals surface area contributed by atoms with E-state index in [-0.39, 0.29) is 0 Å². The highest BCUT2D eigenvalue weighted by Crippen LogP contribution is 2.34. The Kier molecular flexibility index (Phi) is 7.00. The summed E-state index contributed by atoms with van der Waals surface area (Å²) in [5.41, 5.74) is 1.26. The molecule has 2 rings (SSSR count). The summed E-state index contributed by atoms with van der Waals surface area (Å²) in [5, 5.41) is 9.22. The molecule has 0 aromatic heterocycles. The maximum absolute atomic E-state index is 10.6. The van der Waals surface area contributed by atoms with Crippen LogP contribution < -0.4 is 0 Å². The second kappa shape index (κ2) is 8.25. The fourth-order valence-electron chi connectivity index (χ4n) is 2.50. The van der Waals surface area contributed by atoms with E-state index in [1.807, 2.05) is 6.92 Å². The van der Waals surface area contributed by atoms with Crippen molar-refractivity contribution in [2.24, 2.45) is 11.8 Å². The fraction of sp³-hybridized carbons (Fsp3) is 0.625. The quantitative estimate of drug-likeness (QED) is 0.579. The summed E-state index contributed by atoms with van der Waals surface area (Å²) in [6.07, 6.45) is 7.12. The average molecular weight is 299 g/mol. The molecule has 0 bridgehead atoms. The number of aliphatic hydroxyl groups is 1. The highest BCUT2D eigenvalue weighted by atomic mass is 35.5. The Morgan fingerprint density at radius 1 is 1.15 bits per heavy atom. The predicted octanol–water partition coefficient (Wildman–Crippen LogP) is 4.32. The van der Waals surface area contributed by atoms with Crippen LogP contribution in [-0.2, 0) is 9.59 Å². The highest BCUT2D eigenvalue weighted by molar-refractivity contribution is 6.33. The van der Waals surface area contributed by atoms with Gasteiger partial charge in [0.1, 0.15) is 12.1 Å². The summed E-state index contributed by atoms with van der Waals surface area (Å²) in [6.45, 7) is 4.24. The number of aliphatic hydroxyl groups excluding tert-OH is 1. The summed E-state index contributed by atoms with van der Waals surface area (Å²) < 4.78 is 0. The Labute approximate surface area is 125 Å². The van der Waals surface area contributed by atoms with E-state index >= 15 is 0 Å². The van der Waals surface area contributed by atoms with Crippen molar-refractivity contribution in [2.45, 2.75) is 52.4 Å². The van der Waals surface area contributed by atoms with E-state index in [1.165, 1.54) is 0 Å². The molecular weight excluding hydrogens is 276 g/mol. The molecule has 1 atom stereocenters. The van der Waals surface area contributed by atoms with E-state index < -0.39 is 0 Å². The molecule has 1 saturated carbocycles. The average Bonchev–Trinajstić information content (AvgIpc) is 2.45. The lowest BCUT2D eigenvalue weighted by Crippen LogP contribution is -2.10. The molecule has 0 saturated heterocycles. The largest absolute Gasteiger partial charge is 0.515 e. The van der Waals surface area contributed by atoms with Crippen molar-refractivity contribution in [3.63, 3.8) is 0 Å². The van der Waals surface area contributed by atoms with Crippen LogP contribution in [0.5, 0.6) is 0 Å². The molecule has 20 heavy (non-hydrogen) atoms. The van der Waals surface area contributed by atoms with Gasteiger partial charge in [-0.3, -0.25) is 9.59 Å². The number of carbonyl (C=O) groups excluding carboxylic acids is 2. The van der Waals surface area contributed by atoms with Crippen LogP contribution in [0.3, 0.4) is 0 Å². The molecule has 2 aliphatic rings. The number of hydrogen-bond donors (Lipinski definition) is 1. The van der Waals surface area contributed by atoms with Gasteiger partial charge in [-0.1, -0.05) is 25.4 Å². The van der Waals surface area contributed by atoms with E-state index in [4.69, 9.17) is 16.7 Å². The van der Waals surface area contributed by atoms with Gasteiger partial charge in [0.05, 0.1) is 11.3 Å². The van der Waals surface area contributed by atoms with E-state index in [2.05, 4.69) is 6.92 Å². The molecule has 0 aromatic rings. The number of halogens is 1. The first kappa shape index (κ1) is 17.0. The normalized spacial score (nSPS) is 26.2. The lowest BCUT2D eigenvalue weighted by Gasteiger charge is -2.20. The Morgan fingerprint density at radius 2 is 1.75 bits per heavy atom. The molecule has 0 radical (unpaired) electrons. The number of Topliss-reactive ketones (excluding diaryl/α,β-unsaturated/α-hetero) is 1. The monoisotopic (exact) mass is 298 g/mol. The molecule has 0 aliphatic heterocycles. The maximum Gasteiger partial charge on any atom is 0.147 e. The molecule has 0 aromatic carbocycles. The SMILES string of the molecule is CC1CC(C=O)=C(Cl)/C(=C/O)C1.CC1CCC(=O)CC1. The molecule has 0 spiro atoms. The third-order valence-electron chi connectivity index (χ3n) is 3.83. The topological polar surface area (TPSA) is 54.4 Å². The molecule has 4 heteroatoms. The third kappa shape index (κ3) is 5.12. The van der Waals surface area contributed by atoms with Crippen LogP contribution >= 0.6 is 11.6 Å². The van der Waals surface area contributed by atoms with Gasteiger partial charge in [0.25, 0.3) is 0 Å². The van der Waals surface area contributed by atoms with Crippen LogP contribution in [0.15, 0.2) is 22.4 Å². The first-order chi connectivity index (χ1) is 9.47. The van der Waals surface area contributed by atoms with Crippen LogP contribution in [0.4, 0.5) is 0 Å². The zero-order valence-corrected chi connectivity index (χ0v) is 12.9. The summed E-state index contributed by atoms with van der Waals surface area (Å²) in [7, 11) is 0. The second-order valence-corrected chi connectivity index (χ2v) is 6.22. The van der Waals surface area contributed by atoms with Gasteiger partial charge in [-0.05, 0) is 37.5 Å². The highest BCUT2D eigenvalue weighted by Gasteiger charge is 2.20. The molecule has 0 amide bonds. The van der Waals surface area contributed by atoms with Crippen molar-refractivity contribution in [2.75, 3.05) is 0 Å². The number of hydrogen-bond acceptors (Lipinski definition) is 3. The molecule has 3 nitrogen and oxygen atoms in total. The van der Waals surface area contributed by atoms with Gasteiger partial charge in [0.2, 0.25) is 0 Å². The molecule has 1 fully saturated rings. The Morgan fingerprint density at radius 3 is 2.20 bits per heavy atom. The summed E-state index contributed by atoms with van der Waals surface area (Å²) >= 11 is 5.83. The van der Waals surface area contributed by atoms with Crippen LogP contribution in [0, 0.1) is 11.8 Å². The molecule has 2 aliphatic carbocycles. The number of allylic oxidation sites excluding steroid dienone is 3. The molecule has 1 unspecified atom stereocenters. The maximum atomic E-state index is 10.6. The van der Waals surface area contributed by atoms with Crippen LogP contribution in [0.25, 0.3) is 0 Å². The number of ketones is 1. The van der Waals surface area contributed by atoms with Gasteiger partial charge in [-0.2, -0.15) is 0 Å². The van der Waals surface area contributed by atoms with E-state index in [0.29, 0.717) is 34.3 Å². The summed E-state index contributed by atoms with van der Waals surface area (Å²) in [6, 6.07) is 0. The number of aldehydes is 1. The Balaban J connectivity index is 0.000000217. The molecule has 1 N–H and O–H groups in total. The summed E-state index contributed by atoms with van der Waals surface area (Å²) in [5.74, 6) is 1.64. The smallest absolute Gasteiger partial charge is 0.147 e. The number of rotatable bonds is 1. The van der Waals surface area contributed by atoms with Gasteiger partial charge >= 0.3 is 0 Å². The first-order valence-electron chi connectivity index (χ1n) is 7.17.